The Kier molecular flexibility index (Phi) is 8.57. The van der Waals surface area contributed by atoms with Crippen molar-refractivity contribution in [1.29, 1.82) is 0 Å². The summed E-state index contributed by atoms with van der Waals surface area (Å²) in [5.74, 6) is 5.73. The van der Waals surface area contributed by atoms with Crippen molar-refractivity contribution in [3.05, 3.63) is 0 Å². The molecule has 0 aromatic carbocycles. The molecule has 0 N–H and O–H groups in total. The predicted molar refractivity (Wildman–Crippen MR) is 40.9 cm³/mol. The SMILES string of the molecule is CCOCOCC#CCCl. The molecule has 0 heterocycles. The van der Waals surface area contributed by atoms with Crippen LogP contribution in [-0.2, 0) is 9.47 Å². The molecule has 0 amide bonds. The van der Waals surface area contributed by atoms with E-state index in [1.807, 2.05) is 6.92 Å². The molecule has 0 saturated carbocycles. The van der Waals surface area contributed by atoms with Gasteiger partial charge >= 0.3 is 0 Å². The van der Waals surface area contributed by atoms with E-state index in [4.69, 9.17) is 21.1 Å². The first-order chi connectivity index (χ1) is 4.91. The Labute approximate surface area is 66.5 Å². The van der Waals surface area contributed by atoms with Crippen molar-refractivity contribution in [2.75, 3.05) is 25.9 Å². The van der Waals surface area contributed by atoms with Crippen molar-refractivity contribution in [2.24, 2.45) is 0 Å². The zero-order chi connectivity index (χ0) is 7.66. The van der Waals surface area contributed by atoms with Gasteiger partial charge in [0, 0.05) is 6.61 Å². The Bertz CT molecular complexity index is 115. The average Bonchev–Trinajstić information content (AvgIpc) is 1.97. The van der Waals surface area contributed by atoms with E-state index in [1.165, 1.54) is 0 Å². The summed E-state index contributed by atoms with van der Waals surface area (Å²) in [5.41, 5.74) is 0. The lowest BCUT2D eigenvalue weighted by Gasteiger charge is -1.97. The van der Waals surface area contributed by atoms with Crippen LogP contribution in [-0.4, -0.2) is 25.9 Å². The van der Waals surface area contributed by atoms with Crippen molar-refractivity contribution < 1.29 is 9.47 Å². The van der Waals surface area contributed by atoms with E-state index in [0.29, 0.717) is 25.9 Å². The Morgan fingerprint density at radius 3 is 2.70 bits per heavy atom. The van der Waals surface area contributed by atoms with Gasteiger partial charge in [-0.25, -0.2) is 0 Å². The summed E-state index contributed by atoms with van der Waals surface area (Å²) in [6, 6.07) is 0. The van der Waals surface area contributed by atoms with Crippen LogP contribution in [0.1, 0.15) is 6.92 Å². The Morgan fingerprint density at radius 1 is 1.30 bits per heavy atom. The zero-order valence-electron chi connectivity index (χ0n) is 6.02. The van der Waals surface area contributed by atoms with Gasteiger partial charge in [0.05, 0.1) is 5.88 Å². The monoisotopic (exact) mass is 162 g/mol. The van der Waals surface area contributed by atoms with Gasteiger partial charge in [-0.2, -0.15) is 0 Å². The van der Waals surface area contributed by atoms with Crippen molar-refractivity contribution in [1.82, 2.24) is 0 Å². The molecule has 0 bridgehead atoms. The van der Waals surface area contributed by atoms with Crippen LogP contribution in [0.25, 0.3) is 0 Å². The molecule has 0 aliphatic rings. The van der Waals surface area contributed by atoms with E-state index in [1.54, 1.807) is 0 Å². The molecule has 10 heavy (non-hydrogen) atoms. The zero-order valence-corrected chi connectivity index (χ0v) is 6.78. The summed E-state index contributed by atoms with van der Waals surface area (Å²) < 4.78 is 9.81. The molecule has 0 radical (unpaired) electrons. The minimum absolute atomic E-state index is 0.313. The van der Waals surface area contributed by atoms with Gasteiger partial charge in [0.25, 0.3) is 0 Å². The molecular formula is C7H11ClO2. The lowest BCUT2D eigenvalue weighted by Crippen LogP contribution is -1.99. The summed E-state index contributed by atoms with van der Waals surface area (Å²) in [6.45, 7) is 3.29. The summed E-state index contributed by atoms with van der Waals surface area (Å²) in [7, 11) is 0. The standard InChI is InChI=1S/C7H11ClO2/c1-2-9-7-10-6-4-3-5-8/h2,5-7H2,1H3. The summed E-state index contributed by atoms with van der Waals surface area (Å²) in [5, 5.41) is 0. The molecule has 0 rings (SSSR count). The van der Waals surface area contributed by atoms with Gasteiger partial charge in [-0.1, -0.05) is 11.8 Å². The van der Waals surface area contributed by atoms with Crippen LogP contribution >= 0.6 is 11.6 Å². The van der Waals surface area contributed by atoms with E-state index >= 15 is 0 Å². The average molecular weight is 163 g/mol. The van der Waals surface area contributed by atoms with Crippen molar-refractivity contribution in [2.45, 2.75) is 6.92 Å². The molecule has 0 atom stereocenters. The molecule has 58 valence electrons. The van der Waals surface area contributed by atoms with E-state index in [-0.39, 0.29) is 0 Å². The minimum Gasteiger partial charge on any atom is -0.356 e. The van der Waals surface area contributed by atoms with E-state index in [0.717, 1.165) is 0 Å². The van der Waals surface area contributed by atoms with Crippen LogP contribution in [0.15, 0.2) is 0 Å². The highest BCUT2D eigenvalue weighted by Gasteiger charge is 1.79. The van der Waals surface area contributed by atoms with E-state index in [9.17, 15) is 0 Å². The predicted octanol–water partition coefficient (Wildman–Crippen LogP) is 1.24. The fourth-order valence-corrected chi connectivity index (χ4v) is 0.428. The lowest BCUT2D eigenvalue weighted by atomic mass is 10.6. The first kappa shape index (κ1) is 9.77. The molecule has 0 aliphatic carbocycles. The van der Waals surface area contributed by atoms with Gasteiger partial charge in [-0.3, -0.25) is 0 Å². The molecule has 0 aromatic rings. The van der Waals surface area contributed by atoms with Gasteiger partial charge in [0.1, 0.15) is 13.4 Å². The highest BCUT2D eigenvalue weighted by molar-refractivity contribution is 6.19. The topological polar surface area (TPSA) is 18.5 Å². The van der Waals surface area contributed by atoms with Crippen molar-refractivity contribution >= 4 is 11.6 Å². The fourth-order valence-electron chi connectivity index (χ4n) is 0.333. The van der Waals surface area contributed by atoms with Crippen LogP contribution in [0.3, 0.4) is 0 Å². The van der Waals surface area contributed by atoms with Crippen LogP contribution in [0.5, 0.6) is 0 Å². The van der Waals surface area contributed by atoms with Gasteiger partial charge < -0.3 is 9.47 Å². The number of ether oxygens (including phenoxy) is 2. The van der Waals surface area contributed by atoms with Crippen molar-refractivity contribution in [3.63, 3.8) is 0 Å². The highest BCUT2D eigenvalue weighted by Crippen LogP contribution is 1.76. The first-order valence-corrected chi connectivity index (χ1v) is 3.62. The molecule has 0 aliphatic heterocycles. The Hall–Kier alpha value is -0.230. The first-order valence-electron chi connectivity index (χ1n) is 3.09. The summed E-state index contributed by atoms with van der Waals surface area (Å²) in [4.78, 5) is 0. The second-order valence-corrected chi connectivity index (χ2v) is 1.71. The Morgan fingerprint density at radius 2 is 2.10 bits per heavy atom. The third kappa shape index (κ3) is 7.77. The molecule has 0 unspecified atom stereocenters. The smallest absolute Gasteiger partial charge is 0.148 e. The normalized spacial score (nSPS) is 8.60. The fraction of sp³-hybridized carbons (Fsp3) is 0.714. The Balaban J connectivity index is 2.90. The lowest BCUT2D eigenvalue weighted by molar-refractivity contribution is -0.0371. The van der Waals surface area contributed by atoms with Crippen molar-refractivity contribution in [3.8, 4) is 11.8 Å². The number of rotatable bonds is 4. The quantitative estimate of drug-likeness (QED) is 0.268. The maximum absolute atomic E-state index is 5.28. The van der Waals surface area contributed by atoms with Crippen LogP contribution in [0, 0.1) is 11.8 Å². The maximum atomic E-state index is 5.28. The molecule has 0 aromatic heterocycles. The molecule has 2 nitrogen and oxygen atoms in total. The summed E-state index contributed by atoms with van der Waals surface area (Å²) >= 11 is 5.28. The van der Waals surface area contributed by atoms with Gasteiger partial charge in [0.2, 0.25) is 0 Å². The second-order valence-electron chi connectivity index (χ2n) is 1.45. The maximum Gasteiger partial charge on any atom is 0.148 e. The summed E-state index contributed by atoms with van der Waals surface area (Å²) in [6.07, 6.45) is 0. The molecular weight excluding hydrogens is 152 g/mol. The number of hydrogen-bond acceptors (Lipinski definition) is 2. The molecule has 0 saturated heterocycles. The largest absolute Gasteiger partial charge is 0.356 e. The van der Waals surface area contributed by atoms with Crippen LogP contribution in [0.4, 0.5) is 0 Å². The second kappa shape index (κ2) is 8.77. The minimum atomic E-state index is 0.313. The van der Waals surface area contributed by atoms with E-state index < -0.39 is 0 Å². The highest BCUT2D eigenvalue weighted by atomic mass is 35.5. The number of halogens is 1. The van der Waals surface area contributed by atoms with Crippen LogP contribution < -0.4 is 0 Å². The van der Waals surface area contributed by atoms with E-state index in [2.05, 4.69) is 11.8 Å². The molecule has 3 heteroatoms. The number of alkyl halides is 1. The van der Waals surface area contributed by atoms with Gasteiger partial charge in [-0.15, -0.1) is 11.6 Å². The third-order valence-corrected chi connectivity index (χ3v) is 0.870. The third-order valence-electron chi connectivity index (χ3n) is 0.737. The number of hydrogen-bond donors (Lipinski definition) is 0. The van der Waals surface area contributed by atoms with Gasteiger partial charge in [0.15, 0.2) is 0 Å². The van der Waals surface area contributed by atoms with Gasteiger partial charge in [-0.05, 0) is 6.92 Å². The molecule has 0 fully saturated rings. The van der Waals surface area contributed by atoms with Crippen LogP contribution in [0.2, 0.25) is 0 Å². The molecule has 0 spiro atoms.